The summed E-state index contributed by atoms with van der Waals surface area (Å²) in [5, 5.41) is 20.2. The molecule has 1 fully saturated rings. The molecule has 0 bridgehead atoms. The van der Waals surface area contributed by atoms with Gasteiger partial charge >= 0.3 is 5.97 Å². The quantitative estimate of drug-likeness (QED) is 0.522. The highest BCUT2D eigenvalue weighted by Crippen LogP contribution is 2.29. The van der Waals surface area contributed by atoms with E-state index in [9.17, 15) is 9.59 Å². The molecule has 2 unspecified atom stereocenters. The van der Waals surface area contributed by atoms with Crippen molar-refractivity contribution in [3.63, 3.8) is 0 Å². The van der Waals surface area contributed by atoms with Gasteiger partial charge in [-0.05, 0) is 25.3 Å². The van der Waals surface area contributed by atoms with Crippen LogP contribution in [0.5, 0.6) is 0 Å². The molecule has 18 heavy (non-hydrogen) atoms. The molecule has 3 atom stereocenters. The standard InChI is InChI=1S/C12H22N2O4/c13-7-8-3-1-2-4-9(8)11(16)14-10(5-6-15)12(17)18/h8-10,15H,1-7,13H2,(H,14,16)(H,17,18)/t8?,9?,10-/m0/s1. The van der Waals surface area contributed by atoms with Gasteiger partial charge in [-0.2, -0.15) is 0 Å². The van der Waals surface area contributed by atoms with Crippen molar-refractivity contribution in [1.82, 2.24) is 5.32 Å². The molecule has 1 aliphatic carbocycles. The molecule has 6 nitrogen and oxygen atoms in total. The number of carboxylic acid groups (broad SMARTS) is 1. The van der Waals surface area contributed by atoms with Crippen LogP contribution in [-0.2, 0) is 9.59 Å². The Labute approximate surface area is 107 Å². The lowest BCUT2D eigenvalue weighted by atomic mass is 9.78. The average molecular weight is 258 g/mol. The fraction of sp³-hybridized carbons (Fsp3) is 0.833. The Morgan fingerprint density at radius 1 is 1.33 bits per heavy atom. The minimum atomic E-state index is -1.11. The summed E-state index contributed by atoms with van der Waals surface area (Å²) in [5.41, 5.74) is 5.64. The molecule has 0 saturated heterocycles. The molecular weight excluding hydrogens is 236 g/mol. The van der Waals surface area contributed by atoms with Crippen molar-refractivity contribution in [2.24, 2.45) is 17.6 Å². The van der Waals surface area contributed by atoms with Crippen molar-refractivity contribution < 1.29 is 19.8 Å². The number of hydrogen-bond acceptors (Lipinski definition) is 4. The van der Waals surface area contributed by atoms with Crippen molar-refractivity contribution in [3.05, 3.63) is 0 Å². The Morgan fingerprint density at radius 2 is 2.00 bits per heavy atom. The highest BCUT2D eigenvalue weighted by Gasteiger charge is 2.32. The third-order valence-corrected chi connectivity index (χ3v) is 3.58. The van der Waals surface area contributed by atoms with Gasteiger partial charge in [0.15, 0.2) is 0 Å². The summed E-state index contributed by atoms with van der Waals surface area (Å²) >= 11 is 0. The van der Waals surface area contributed by atoms with Crippen LogP contribution in [0.25, 0.3) is 0 Å². The van der Waals surface area contributed by atoms with E-state index in [1.165, 1.54) is 0 Å². The smallest absolute Gasteiger partial charge is 0.326 e. The minimum Gasteiger partial charge on any atom is -0.480 e. The van der Waals surface area contributed by atoms with E-state index in [1.54, 1.807) is 0 Å². The maximum absolute atomic E-state index is 12.0. The summed E-state index contributed by atoms with van der Waals surface area (Å²) in [5.74, 6) is -1.41. The van der Waals surface area contributed by atoms with Crippen LogP contribution in [0, 0.1) is 11.8 Å². The van der Waals surface area contributed by atoms with Crippen LogP contribution in [0.4, 0.5) is 0 Å². The first kappa shape index (κ1) is 14.9. The predicted octanol–water partition coefficient (Wildman–Crippen LogP) is -0.297. The zero-order valence-electron chi connectivity index (χ0n) is 10.5. The summed E-state index contributed by atoms with van der Waals surface area (Å²) < 4.78 is 0. The molecule has 1 amide bonds. The third-order valence-electron chi connectivity index (χ3n) is 3.58. The Balaban J connectivity index is 2.58. The van der Waals surface area contributed by atoms with E-state index < -0.39 is 12.0 Å². The van der Waals surface area contributed by atoms with Crippen LogP contribution in [-0.4, -0.2) is 41.3 Å². The topological polar surface area (TPSA) is 113 Å². The predicted molar refractivity (Wildman–Crippen MR) is 65.8 cm³/mol. The number of carbonyl (C=O) groups excluding carboxylic acids is 1. The number of aliphatic hydroxyl groups excluding tert-OH is 1. The lowest BCUT2D eigenvalue weighted by Crippen LogP contribution is -2.47. The van der Waals surface area contributed by atoms with Crippen molar-refractivity contribution in [2.75, 3.05) is 13.2 Å². The molecule has 0 heterocycles. The number of carboxylic acids is 1. The summed E-state index contributed by atoms with van der Waals surface area (Å²) in [7, 11) is 0. The molecule has 0 aliphatic heterocycles. The molecule has 0 radical (unpaired) electrons. The molecule has 104 valence electrons. The first-order chi connectivity index (χ1) is 8.60. The Kier molecular flexibility index (Phi) is 6.07. The molecule has 5 N–H and O–H groups in total. The van der Waals surface area contributed by atoms with Crippen LogP contribution >= 0.6 is 0 Å². The lowest BCUT2D eigenvalue weighted by molar-refractivity contribution is -0.143. The number of hydrogen-bond donors (Lipinski definition) is 4. The molecular formula is C12H22N2O4. The fourth-order valence-electron chi connectivity index (χ4n) is 2.50. The van der Waals surface area contributed by atoms with Gasteiger partial charge in [-0.1, -0.05) is 12.8 Å². The van der Waals surface area contributed by atoms with Crippen LogP contribution in [0.1, 0.15) is 32.1 Å². The second-order valence-corrected chi connectivity index (χ2v) is 4.80. The number of aliphatic carboxylic acids is 1. The van der Waals surface area contributed by atoms with Crippen LogP contribution < -0.4 is 11.1 Å². The number of rotatable bonds is 6. The molecule has 1 saturated carbocycles. The Hall–Kier alpha value is -1.14. The van der Waals surface area contributed by atoms with Gasteiger partial charge in [-0.3, -0.25) is 4.79 Å². The van der Waals surface area contributed by atoms with Gasteiger partial charge in [0.05, 0.1) is 0 Å². The van der Waals surface area contributed by atoms with Gasteiger partial charge < -0.3 is 21.3 Å². The largest absolute Gasteiger partial charge is 0.480 e. The van der Waals surface area contributed by atoms with Crippen molar-refractivity contribution >= 4 is 11.9 Å². The SMILES string of the molecule is NCC1CCCCC1C(=O)N[C@@H](CCO)C(=O)O. The monoisotopic (exact) mass is 258 g/mol. The van der Waals surface area contributed by atoms with Crippen molar-refractivity contribution in [2.45, 2.75) is 38.1 Å². The average Bonchev–Trinajstić information content (AvgIpc) is 2.37. The van der Waals surface area contributed by atoms with Crippen LogP contribution in [0.15, 0.2) is 0 Å². The molecule has 1 rings (SSSR count). The number of carbonyl (C=O) groups is 2. The zero-order valence-corrected chi connectivity index (χ0v) is 10.5. The number of amides is 1. The first-order valence-electron chi connectivity index (χ1n) is 6.44. The van der Waals surface area contributed by atoms with Crippen LogP contribution in [0.3, 0.4) is 0 Å². The van der Waals surface area contributed by atoms with Gasteiger partial charge in [-0.25, -0.2) is 4.79 Å². The van der Waals surface area contributed by atoms with Gasteiger partial charge in [0, 0.05) is 18.9 Å². The Bertz CT molecular complexity index is 296. The normalized spacial score (nSPS) is 25.4. The number of nitrogens with one attached hydrogen (secondary N) is 1. The van der Waals surface area contributed by atoms with E-state index in [2.05, 4.69) is 5.32 Å². The van der Waals surface area contributed by atoms with Gasteiger partial charge in [-0.15, -0.1) is 0 Å². The molecule has 0 aromatic carbocycles. The molecule has 0 aromatic rings. The number of nitrogens with two attached hydrogens (primary N) is 1. The van der Waals surface area contributed by atoms with Crippen molar-refractivity contribution in [1.29, 1.82) is 0 Å². The second kappa shape index (κ2) is 7.33. The van der Waals surface area contributed by atoms with Crippen molar-refractivity contribution in [3.8, 4) is 0 Å². The van der Waals surface area contributed by atoms with Gasteiger partial charge in [0.2, 0.25) is 5.91 Å². The molecule has 6 heteroatoms. The van der Waals surface area contributed by atoms with Crippen LogP contribution in [0.2, 0.25) is 0 Å². The third kappa shape index (κ3) is 3.96. The van der Waals surface area contributed by atoms with E-state index in [1.807, 2.05) is 0 Å². The molecule has 1 aliphatic rings. The van der Waals surface area contributed by atoms with E-state index in [0.29, 0.717) is 6.54 Å². The van der Waals surface area contributed by atoms with E-state index in [0.717, 1.165) is 25.7 Å². The fourth-order valence-corrected chi connectivity index (χ4v) is 2.50. The molecule has 0 spiro atoms. The summed E-state index contributed by atoms with van der Waals surface area (Å²) in [6, 6.07) is -1.01. The Morgan fingerprint density at radius 3 is 2.56 bits per heavy atom. The summed E-state index contributed by atoms with van der Waals surface area (Å²) in [6.45, 7) is 0.193. The van der Waals surface area contributed by atoms with Gasteiger partial charge in [0.25, 0.3) is 0 Å². The summed E-state index contributed by atoms with van der Waals surface area (Å²) in [4.78, 5) is 23.0. The minimum absolute atomic E-state index is 0.0289. The zero-order chi connectivity index (χ0) is 13.5. The van der Waals surface area contributed by atoms with E-state index in [4.69, 9.17) is 15.9 Å². The first-order valence-corrected chi connectivity index (χ1v) is 6.44. The maximum Gasteiger partial charge on any atom is 0.326 e. The highest BCUT2D eigenvalue weighted by molar-refractivity contribution is 5.85. The second-order valence-electron chi connectivity index (χ2n) is 4.80. The van der Waals surface area contributed by atoms with E-state index >= 15 is 0 Å². The lowest BCUT2D eigenvalue weighted by Gasteiger charge is -2.30. The molecule has 0 aromatic heterocycles. The van der Waals surface area contributed by atoms with Gasteiger partial charge in [0.1, 0.15) is 6.04 Å². The maximum atomic E-state index is 12.0. The van der Waals surface area contributed by atoms with E-state index in [-0.39, 0.29) is 30.8 Å². The number of aliphatic hydroxyl groups is 1. The summed E-state index contributed by atoms with van der Waals surface area (Å²) in [6.07, 6.45) is 3.77. The highest BCUT2D eigenvalue weighted by atomic mass is 16.4.